The van der Waals surface area contributed by atoms with E-state index in [1.165, 1.54) is 0 Å². The number of nitrogens with zero attached hydrogens (tertiary/aromatic N) is 5. The Morgan fingerprint density at radius 3 is 2.48 bits per heavy atom. The maximum atomic E-state index is 12.2. The van der Waals surface area contributed by atoms with E-state index in [1.807, 2.05) is 45.2 Å². The predicted molar refractivity (Wildman–Crippen MR) is 98.0 cm³/mol. The van der Waals surface area contributed by atoms with E-state index in [0.29, 0.717) is 11.6 Å². The summed E-state index contributed by atoms with van der Waals surface area (Å²) in [4.78, 5) is 30.0. The van der Waals surface area contributed by atoms with E-state index in [9.17, 15) is 4.79 Å². The highest BCUT2D eigenvalue weighted by molar-refractivity contribution is 5.92. The number of carbonyl (C=O) groups is 1. The van der Waals surface area contributed by atoms with E-state index < -0.39 is 0 Å². The summed E-state index contributed by atoms with van der Waals surface area (Å²) in [6.07, 6.45) is 1.81. The van der Waals surface area contributed by atoms with Crippen molar-refractivity contribution in [2.24, 2.45) is 0 Å². The molecule has 0 atom stereocenters. The first kappa shape index (κ1) is 17.1. The van der Waals surface area contributed by atoms with Gasteiger partial charge in [-0.25, -0.2) is 15.0 Å². The van der Waals surface area contributed by atoms with Crippen molar-refractivity contribution in [3.05, 3.63) is 41.9 Å². The Morgan fingerprint density at radius 1 is 1.12 bits per heavy atom. The first-order chi connectivity index (χ1) is 12.0. The number of carbonyl (C=O) groups excluding carboxylic acids is 1. The third-order valence-electron chi connectivity index (χ3n) is 4.03. The second-order valence-corrected chi connectivity index (χ2v) is 6.48. The van der Waals surface area contributed by atoms with Crippen LogP contribution in [0.5, 0.6) is 0 Å². The predicted octanol–water partition coefficient (Wildman–Crippen LogP) is 1.64. The van der Waals surface area contributed by atoms with Crippen molar-refractivity contribution in [2.45, 2.75) is 26.8 Å². The lowest BCUT2D eigenvalue weighted by Gasteiger charge is -2.35. The first-order valence-electron chi connectivity index (χ1n) is 8.60. The molecule has 0 aliphatic carbocycles. The van der Waals surface area contributed by atoms with E-state index >= 15 is 0 Å². The zero-order valence-electron chi connectivity index (χ0n) is 14.9. The van der Waals surface area contributed by atoms with Crippen molar-refractivity contribution in [3.63, 3.8) is 0 Å². The summed E-state index contributed by atoms with van der Waals surface area (Å²) in [5, 5.41) is 2.88. The minimum absolute atomic E-state index is 0.0770. The van der Waals surface area contributed by atoms with Gasteiger partial charge >= 0.3 is 0 Å². The molecule has 2 aromatic rings. The van der Waals surface area contributed by atoms with Crippen molar-refractivity contribution >= 4 is 17.7 Å². The van der Waals surface area contributed by atoms with Crippen LogP contribution in [0, 0.1) is 6.92 Å². The standard InChI is InChI=1S/C18H24N6O/c1-13(2)20-17(25)15-12-14(3)21-18(22-15)24-10-8-23(9-11-24)16-6-4-5-7-19-16/h4-7,12-13H,8-11H2,1-3H3,(H,20,25). The van der Waals surface area contributed by atoms with E-state index in [-0.39, 0.29) is 11.9 Å². The van der Waals surface area contributed by atoms with Gasteiger partial charge in [0.2, 0.25) is 5.95 Å². The molecule has 3 heterocycles. The Balaban J connectivity index is 1.71. The van der Waals surface area contributed by atoms with Crippen LogP contribution in [0.4, 0.5) is 11.8 Å². The van der Waals surface area contributed by atoms with Crippen LogP contribution in [0.1, 0.15) is 30.0 Å². The molecule has 1 fully saturated rings. The first-order valence-corrected chi connectivity index (χ1v) is 8.60. The smallest absolute Gasteiger partial charge is 0.270 e. The Bertz CT molecular complexity index is 726. The maximum Gasteiger partial charge on any atom is 0.270 e. The topological polar surface area (TPSA) is 74.2 Å². The summed E-state index contributed by atoms with van der Waals surface area (Å²) < 4.78 is 0. The van der Waals surface area contributed by atoms with E-state index in [0.717, 1.165) is 37.7 Å². The van der Waals surface area contributed by atoms with Crippen LogP contribution in [-0.4, -0.2) is 53.1 Å². The van der Waals surface area contributed by atoms with Gasteiger partial charge in [0, 0.05) is 44.1 Å². The van der Waals surface area contributed by atoms with E-state index in [2.05, 4.69) is 30.1 Å². The average molecular weight is 340 g/mol. The summed E-state index contributed by atoms with van der Waals surface area (Å²) >= 11 is 0. The van der Waals surface area contributed by atoms with Gasteiger partial charge < -0.3 is 15.1 Å². The molecular weight excluding hydrogens is 316 g/mol. The number of hydrogen-bond donors (Lipinski definition) is 1. The summed E-state index contributed by atoms with van der Waals surface area (Å²) in [5.74, 6) is 1.45. The van der Waals surface area contributed by atoms with Gasteiger partial charge in [-0.2, -0.15) is 0 Å². The average Bonchev–Trinajstić information content (AvgIpc) is 2.61. The van der Waals surface area contributed by atoms with Crippen LogP contribution in [0.15, 0.2) is 30.5 Å². The fraction of sp³-hybridized carbons (Fsp3) is 0.444. The molecule has 1 N–H and O–H groups in total. The number of pyridine rings is 1. The summed E-state index contributed by atoms with van der Waals surface area (Å²) in [5.41, 5.74) is 1.22. The van der Waals surface area contributed by atoms with Gasteiger partial charge in [0.15, 0.2) is 0 Å². The highest BCUT2D eigenvalue weighted by Crippen LogP contribution is 2.17. The number of hydrogen-bond acceptors (Lipinski definition) is 6. The molecule has 1 saturated heterocycles. The number of anilines is 2. The lowest BCUT2D eigenvalue weighted by Crippen LogP contribution is -2.47. The summed E-state index contributed by atoms with van der Waals surface area (Å²) in [6.45, 7) is 9.05. The second-order valence-electron chi connectivity index (χ2n) is 6.48. The zero-order chi connectivity index (χ0) is 17.8. The molecule has 2 aromatic heterocycles. The van der Waals surface area contributed by atoms with E-state index in [1.54, 1.807) is 6.07 Å². The van der Waals surface area contributed by atoms with Crippen molar-refractivity contribution < 1.29 is 4.79 Å². The molecule has 3 rings (SSSR count). The number of aryl methyl sites for hydroxylation is 1. The number of piperazine rings is 1. The highest BCUT2D eigenvalue weighted by atomic mass is 16.1. The van der Waals surface area contributed by atoms with Gasteiger partial charge in [0.1, 0.15) is 11.5 Å². The van der Waals surface area contributed by atoms with Crippen LogP contribution in [0.25, 0.3) is 0 Å². The monoisotopic (exact) mass is 340 g/mol. The molecule has 7 heteroatoms. The second kappa shape index (κ2) is 7.46. The maximum absolute atomic E-state index is 12.2. The molecule has 0 aromatic carbocycles. The molecule has 1 amide bonds. The van der Waals surface area contributed by atoms with Gasteiger partial charge in [-0.05, 0) is 39.0 Å². The Morgan fingerprint density at radius 2 is 1.84 bits per heavy atom. The van der Waals surface area contributed by atoms with Gasteiger partial charge in [-0.3, -0.25) is 4.79 Å². The van der Waals surface area contributed by atoms with Crippen molar-refractivity contribution in [3.8, 4) is 0 Å². The Labute approximate surface area is 148 Å². The van der Waals surface area contributed by atoms with Crippen LogP contribution < -0.4 is 15.1 Å². The van der Waals surface area contributed by atoms with Gasteiger partial charge in [-0.15, -0.1) is 0 Å². The lowest BCUT2D eigenvalue weighted by molar-refractivity contribution is 0.0938. The third-order valence-corrected chi connectivity index (χ3v) is 4.03. The molecule has 0 bridgehead atoms. The molecular formula is C18H24N6O. The molecule has 25 heavy (non-hydrogen) atoms. The lowest BCUT2D eigenvalue weighted by atomic mass is 10.3. The quantitative estimate of drug-likeness (QED) is 0.912. The number of rotatable bonds is 4. The van der Waals surface area contributed by atoms with Crippen molar-refractivity contribution in [1.82, 2.24) is 20.3 Å². The number of amides is 1. The third kappa shape index (κ3) is 4.23. The van der Waals surface area contributed by atoms with Gasteiger partial charge in [0.25, 0.3) is 5.91 Å². The molecule has 0 saturated carbocycles. The SMILES string of the molecule is Cc1cc(C(=O)NC(C)C)nc(N2CCN(c3ccccn3)CC2)n1. The minimum Gasteiger partial charge on any atom is -0.353 e. The summed E-state index contributed by atoms with van der Waals surface area (Å²) in [7, 11) is 0. The summed E-state index contributed by atoms with van der Waals surface area (Å²) in [6, 6.07) is 7.74. The van der Waals surface area contributed by atoms with Crippen LogP contribution >= 0.6 is 0 Å². The fourth-order valence-electron chi connectivity index (χ4n) is 2.82. The molecule has 0 spiro atoms. The van der Waals surface area contributed by atoms with Crippen LogP contribution in [0.2, 0.25) is 0 Å². The minimum atomic E-state index is -0.158. The van der Waals surface area contributed by atoms with Crippen LogP contribution in [0.3, 0.4) is 0 Å². The molecule has 0 radical (unpaired) electrons. The fourth-order valence-corrected chi connectivity index (χ4v) is 2.82. The van der Waals surface area contributed by atoms with Gasteiger partial charge in [0.05, 0.1) is 0 Å². The van der Waals surface area contributed by atoms with Crippen molar-refractivity contribution in [1.29, 1.82) is 0 Å². The van der Waals surface area contributed by atoms with Crippen LogP contribution in [-0.2, 0) is 0 Å². The molecule has 1 aliphatic rings. The Hall–Kier alpha value is -2.70. The number of aromatic nitrogens is 3. The molecule has 7 nitrogen and oxygen atoms in total. The molecule has 0 unspecified atom stereocenters. The molecule has 1 aliphatic heterocycles. The van der Waals surface area contributed by atoms with Crippen molar-refractivity contribution in [2.75, 3.05) is 36.0 Å². The zero-order valence-corrected chi connectivity index (χ0v) is 14.9. The largest absolute Gasteiger partial charge is 0.353 e. The normalized spacial score (nSPS) is 14.7. The Kier molecular flexibility index (Phi) is 5.11. The number of nitrogens with one attached hydrogen (secondary N) is 1. The van der Waals surface area contributed by atoms with Gasteiger partial charge in [-0.1, -0.05) is 6.07 Å². The highest BCUT2D eigenvalue weighted by Gasteiger charge is 2.21. The molecule has 132 valence electrons. The van der Waals surface area contributed by atoms with E-state index in [4.69, 9.17) is 0 Å².